The molecule has 0 radical (unpaired) electrons. The first kappa shape index (κ1) is 17.9. The van der Waals surface area contributed by atoms with E-state index < -0.39 is 7.12 Å². The number of nitrogens with one attached hydrogen (secondary N) is 1. The third-order valence-electron chi connectivity index (χ3n) is 5.10. The van der Waals surface area contributed by atoms with E-state index in [0.29, 0.717) is 11.2 Å². The number of para-hydroxylation sites is 1. The largest absolute Gasteiger partial charge is 0.490 e. The van der Waals surface area contributed by atoms with Gasteiger partial charge in [0.2, 0.25) is 0 Å². The molecular weight excluding hydrogens is 377 g/mol. The van der Waals surface area contributed by atoms with Crippen molar-refractivity contribution in [2.24, 2.45) is 0 Å². The second-order valence-electron chi connectivity index (χ2n) is 6.94. The monoisotopic (exact) mass is 395 g/mol. The van der Waals surface area contributed by atoms with Crippen LogP contribution in [0.2, 0.25) is 0 Å². The van der Waals surface area contributed by atoms with Crippen molar-refractivity contribution in [2.45, 2.75) is 0 Å². The van der Waals surface area contributed by atoms with Crippen LogP contribution in [0.1, 0.15) is 0 Å². The van der Waals surface area contributed by atoms with Crippen molar-refractivity contribution in [3.63, 3.8) is 0 Å². The second-order valence-corrected chi connectivity index (χ2v) is 8.03. The van der Waals surface area contributed by atoms with E-state index in [4.69, 9.17) is 0 Å². The van der Waals surface area contributed by atoms with Gasteiger partial charge in [0.15, 0.2) is 0 Å². The highest BCUT2D eigenvalue weighted by Gasteiger charge is 2.18. The number of anilines is 2. The molecule has 3 nitrogen and oxygen atoms in total. The van der Waals surface area contributed by atoms with Crippen molar-refractivity contribution in [3.8, 4) is 11.1 Å². The molecule has 0 atom stereocenters. The Hall–Kier alpha value is -3.12. The summed E-state index contributed by atoms with van der Waals surface area (Å²) in [5.41, 5.74) is 4.18. The van der Waals surface area contributed by atoms with Crippen LogP contribution in [0.4, 0.5) is 11.4 Å². The Kier molecular flexibility index (Phi) is 4.56. The average molecular weight is 395 g/mol. The number of rotatable bonds is 4. The molecule has 0 spiro atoms. The maximum absolute atomic E-state index is 9.84. The van der Waals surface area contributed by atoms with E-state index in [9.17, 15) is 10.0 Å². The zero-order chi connectivity index (χ0) is 19.8. The Labute approximate surface area is 173 Å². The van der Waals surface area contributed by atoms with Gasteiger partial charge in [0.05, 0.1) is 0 Å². The van der Waals surface area contributed by atoms with Gasteiger partial charge in [0.1, 0.15) is 0 Å². The highest BCUT2D eigenvalue weighted by molar-refractivity contribution is 7.25. The van der Waals surface area contributed by atoms with Crippen molar-refractivity contribution in [1.82, 2.24) is 0 Å². The Morgan fingerprint density at radius 2 is 1.48 bits per heavy atom. The predicted octanol–water partition coefficient (Wildman–Crippen LogP) is 5.14. The maximum Gasteiger partial charge on any atom is 0.490 e. The molecular formula is C24H18BNO2S. The molecule has 0 fully saturated rings. The molecule has 0 aliphatic rings. The average Bonchev–Trinajstić information content (AvgIpc) is 3.13. The van der Waals surface area contributed by atoms with E-state index >= 15 is 0 Å². The van der Waals surface area contributed by atoms with Crippen LogP contribution in [0.3, 0.4) is 0 Å². The van der Waals surface area contributed by atoms with Crippen LogP contribution in [0.5, 0.6) is 0 Å². The van der Waals surface area contributed by atoms with E-state index in [0.717, 1.165) is 16.8 Å². The van der Waals surface area contributed by atoms with Gasteiger partial charge < -0.3 is 15.4 Å². The highest BCUT2D eigenvalue weighted by atomic mass is 32.1. The topological polar surface area (TPSA) is 52.5 Å². The van der Waals surface area contributed by atoms with Gasteiger partial charge in [-0.3, -0.25) is 0 Å². The van der Waals surface area contributed by atoms with Crippen molar-refractivity contribution in [1.29, 1.82) is 0 Å². The number of benzene rings is 4. The van der Waals surface area contributed by atoms with Crippen LogP contribution < -0.4 is 10.8 Å². The summed E-state index contributed by atoms with van der Waals surface area (Å²) in [5, 5.41) is 25.5. The van der Waals surface area contributed by atoms with E-state index in [1.165, 1.54) is 20.2 Å². The molecule has 1 heterocycles. The van der Waals surface area contributed by atoms with Crippen LogP contribution in [0.25, 0.3) is 31.3 Å². The first-order chi connectivity index (χ1) is 14.2. The smallest absolute Gasteiger partial charge is 0.423 e. The number of hydrogen-bond acceptors (Lipinski definition) is 4. The second kappa shape index (κ2) is 7.37. The zero-order valence-corrected chi connectivity index (χ0v) is 16.4. The number of fused-ring (bicyclic) bond motifs is 3. The fourth-order valence-electron chi connectivity index (χ4n) is 3.75. The maximum atomic E-state index is 9.84. The molecule has 29 heavy (non-hydrogen) atoms. The summed E-state index contributed by atoms with van der Waals surface area (Å²) in [6.45, 7) is 0. The molecule has 0 amide bonds. The molecule has 0 unspecified atom stereocenters. The van der Waals surface area contributed by atoms with E-state index in [2.05, 4.69) is 47.8 Å². The van der Waals surface area contributed by atoms with Crippen LogP contribution in [0, 0.1) is 0 Å². The number of thiophene rings is 1. The van der Waals surface area contributed by atoms with Crippen molar-refractivity contribution >= 4 is 55.5 Å². The zero-order valence-electron chi connectivity index (χ0n) is 15.5. The van der Waals surface area contributed by atoms with E-state index in [1.807, 2.05) is 42.5 Å². The molecule has 0 saturated heterocycles. The molecule has 4 aromatic carbocycles. The lowest BCUT2D eigenvalue weighted by molar-refractivity contribution is 0.426. The van der Waals surface area contributed by atoms with Crippen LogP contribution in [-0.2, 0) is 0 Å². The minimum atomic E-state index is -1.55. The lowest BCUT2D eigenvalue weighted by Crippen LogP contribution is -2.31. The van der Waals surface area contributed by atoms with Crippen molar-refractivity contribution < 1.29 is 10.0 Å². The summed E-state index contributed by atoms with van der Waals surface area (Å²) in [6.07, 6.45) is 0. The molecule has 0 bridgehead atoms. The van der Waals surface area contributed by atoms with Crippen LogP contribution in [0.15, 0.2) is 91.0 Å². The quantitative estimate of drug-likeness (QED) is 0.369. The third-order valence-corrected chi connectivity index (χ3v) is 6.23. The van der Waals surface area contributed by atoms with E-state index in [1.54, 1.807) is 17.4 Å². The summed E-state index contributed by atoms with van der Waals surface area (Å²) in [7, 11) is -1.55. The van der Waals surface area contributed by atoms with Gasteiger partial charge in [0.25, 0.3) is 0 Å². The molecule has 5 heteroatoms. The first-order valence-electron chi connectivity index (χ1n) is 9.43. The van der Waals surface area contributed by atoms with Gasteiger partial charge in [-0.25, -0.2) is 0 Å². The summed E-state index contributed by atoms with van der Waals surface area (Å²) < 4.78 is 2.51. The predicted molar refractivity (Wildman–Crippen MR) is 124 cm³/mol. The van der Waals surface area contributed by atoms with Crippen LogP contribution >= 0.6 is 11.3 Å². The normalized spacial score (nSPS) is 11.1. The molecule has 3 N–H and O–H groups in total. The molecule has 5 aromatic rings. The Morgan fingerprint density at radius 1 is 0.724 bits per heavy atom. The summed E-state index contributed by atoms with van der Waals surface area (Å²) in [4.78, 5) is 0. The highest BCUT2D eigenvalue weighted by Crippen LogP contribution is 2.40. The standard InChI is InChI=1S/C24H18BNO2S/c27-25(28)20-14-13-16(15-21(20)26-17-7-2-1-3-8-17)18-10-6-12-23-24(18)19-9-4-5-11-22(19)29-23/h1-15,26-28H. The summed E-state index contributed by atoms with van der Waals surface area (Å²) in [6, 6.07) is 30.3. The third kappa shape index (κ3) is 3.30. The Morgan fingerprint density at radius 3 is 2.31 bits per heavy atom. The summed E-state index contributed by atoms with van der Waals surface area (Å²) in [5.74, 6) is 0. The molecule has 5 rings (SSSR count). The molecule has 0 aliphatic heterocycles. The van der Waals surface area contributed by atoms with Gasteiger partial charge in [-0.2, -0.15) is 0 Å². The van der Waals surface area contributed by atoms with Gasteiger partial charge >= 0.3 is 7.12 Å². The lowest BCUT2D eigenvalue weighted by atomic mass is 9.78. The fourth-order valence-corrected chi connectivity index (χ4v) is 4.88. The minimum Gasteiger partial charge on any atom is -0.423 e. The first-order valence-corrected chi connectivity index (χ1v) is 10.2. The van der Waals surface area contributed by atoms with Gasteiger partial charge in [0, 0.05) is 37.0 Å². The Bertz CT molecular complexity index is 1310. The number of hydrogen-bond donors (Lipinski definition) is 3. The van der Waals surface area contributed by atoms with Crippen LogP contribution in [-0.4, -0.2) is 17.2 Å². The van der Waals surface area contributed by atoms with Crippen molar-refractivity contribution in [2.75, 3.05) is 5.32 Å². The lowest BCUT2D eigenvalue weighted by Gasteiger charge is -2.14. The van der Waals surface area contributed by atoms with Crippen molar-refractivity contribution in [3.05, 3.63) is 91.0 Å². The molecule has 140 valence electrons. The van der Waals surface area contributed by atoms with E-state index in [-0.39, 0.29) is 0 Å². The molecule has 0 aliphatic carbocycles. The Balaban J connectivity index is 1.70. The minimum absolute atomic E-state index is 0.444. The SMILES string of the molecule is OB(O)c1ccc(-c2cccc3sc4ccccc4c23)cc1Nc1ccccc1. The van der Waals surface area contributed by atoms with Gasteiger partial charge in [-0.1, -0.05) is 60.7 Å². The molecule has 0 saturated carbocycles. The van der Waals surface area contributed by atoms with Gasteiger partial charge in [-0.15, -0.1) is 11.3 Å². The molecule has 1 aromatic heterocycles. The summed E-state index contributed by atoms with van der Waals surface area (Å²) >= 11 is 1.79. The fraction of sp³-hybridized carbons (Fsp3) is 0. The van der Waals surface area contributed by atoms with Gasteiger partial charge in [-0.05, 0) is 41.5 Å².